The van der Waals surface area contributed by atoms with Crippen LogP contribution in [-0.4, -0.2) is 35.8 Å². The lowest BCUT2D eigenvalue weighted by molar-refractivity contribution is -0.0731. The first-order valence-electron chi connectivity index (χ1n) is 6.77. The van der Waals surface area contributed by atoms with E-state index >= 15 is 0 Å². The number of carbonyl (C=O) groups is 1. The molecule has 0 spiro atoms. The maximum Gasteiger partial charge on any atom is 0.411 e. The predicted molar refractivity (Wildman–Crippen MR) is 77.2 cm³/mol. The van der Waals surface area contributed by atoms with Gasteiger partial charge in [-0.25, -0.2) is 4.79 Å². The molecule has 1 amide bonds. The van der Waals surface area contributed by atoms with Gasteiger partial charge in [-0.15, -0.1) is 0 Å². The summed E-state index contributed by atoms with van der Waals surface area (Å²) in [5.74, 6) is 0. The number of hydrogen-bond donors (Lipinski definition) is 1. The molecule has 0 atom stereocenters. The monoisotopic (exact) mass is 278 g/mol. The number of nitrogens with two attached hydrogens (primary N) is 1. The van der Waals surface area contributed by atoms with Gasteiger partial charge in [0.2, 0.25) is 0 Å². The van der Waals surface area contributed by atoms with E-state index in [0.29, 0.717) is 25.4 Å². The molecule has 0 aromatic heterocycles. The number of rotatable bonds is 3. The first kappa shape index (κ1) is 14.7. The third kappa shape index (κ3) is 3.87. The highest BCUT2D eigenvalue weighted by molar-refractivity contribution is 5.68. The number of nitrogens with zero attached hydrogens (tertiary/aromatic N) is 1. The largest absolute Gasteiger partial charge is 0.444 e. The summed E-state index contributed by atoms with van der Waals surface area (Å²) >= 11 is 0. The highest BCUT2D eigenvalue weighted by Gasteiger charge is 2.32. The Balaban J connectivity index is 2.07. The van der Waals surface area contributed by atoms with E-state index in [0.717, 1.165) is 5.56 Å². The third-order valence-corrected chi connectivity index (χ3v) is 3.02. The number of anilines is 1. The smallest absolute Gasteiger partial charge is 0.411 e. The molecule has 0 bridgehead atoms. The van der Waals surface area contributed by atoms with Crippen molar-refractivity contribution in [2.75, 3.05) is 18.9 Å². The lowest BCUT2D eigenvalue weighted by Crippen LogP contribution is -2.52. The third-order valence-electron chi connectivity index (χ3n) is 3.02. The second kappa shape index (κ2) is 5.71. The second-order valence-electron chi connectivity index (χ2n) is 6.04. The van der Waals surface area contributed by atoms with Crippen molar-refractivity contribution in [2.45, 2.75) is 39.0 Å². The van der Waals surface area contributed by atoms with E-state index < -0.39 is 5.60 Å². The normalized spacial score (nSPS) is 15.6. The molecule has 0 saturated carbocycles. The first-order valence-corrected chi connectivity index (χ1v) is 6.77. The molecule has 1 fully saturated rings. The van der Waals surface area contributed by atoms with E-state index in [2.05, 4.69) is 0 Å². The summed E-state index contributed by atoms with van der Waals surface area (Å²) in [7, 11) is 0. The molecule has 1 saturated heterocycles. The van der Waals surface area contributed by atoms with Gasteiger partial charge >= 0.3 is 6.09 Å². The van der Waals surface area contributed by atoms with Crippen LogP contribution in [0.4, 0.5) is 10.5 Å². The molecular formula is C15H22N2O3. The highest BCUT2D eigenvalue weighted by atomic mass is 16.6. The quantitative estimate of drug-likeness (QED) is 0.862. The number of hydrogen-bond acceptors (Lipinski definition) is 4. The Kier molecular flexibility index (Phi) is 4.18. The van der Waals surface area contributed by atoms with Crippen molar-refractivity contribution in [3.8, 4) is 0 Å². The van der Waals surface area contributed by atoms with Gasteiger partial charge in [-0.3, -0.25) is 4.90 Å². The maximum atomic E-state index is 12.3. The Labute approximate surface area is 119 Å². The number of nitrogen functional groups attached to an aromatic ring is 1. The molecule has 1 aliphatic heterocycles. The second-order valence-corrected chi connectivity index (χ2v) is 6.04. The van der Waals surface area contributed by atoms with Gasteiger partial charge < -0.3 is 15.2 Å². The summed E-state index contributed by atoms with van der Waals surface area (Å²) in [5, 5.41) is 0. The van der Waals surface area contributed by atoms with Gasteiger partial charge in [0.25, 0.3) is 0 Å². The van der Waals surface area contributed by atoms with Gasteiger partial charge in [0.05, 0.1) is 19.3 Å². The Morgan fingerprint density at radius 3 is 2.40 bits per heavy atom. The van der Waals surface area contributed by atoms with E-state index in [1.54, 1.807) is 4.90 Å². The molecule has 2 rings (SSSR count). The molecule has 1 aromatic carbocycles. The minimum atomic E-state index is -0.499. The maximum absolute atomic E-state index is 12.3. The number of ether oxygens (including phenoxy) is 2. The molecule has 1 aliphatic rings. The van der Waals surface area contributed by atoms with Crippen molar-refractivity contribution in [3.63, 3.8) is 0 Å². The summed E-state index contributed by atoms with van der Waals surface area (Å²) < 4.78 is 10.6. The van der Waals surface area contributed by atoms with Crippen LogP contribution in [0.25, 0.3) is 0 Å². The molecule has 20 heavy (non-hydrogen) atoms. The van der Waals surface area contributed by atoms with Gasteiger partial charge in [0, 0.05) is 12.2 Å². The summed E-state index contributed by atoms with van der Waals surface area (Å²) in [6.45, 7) is 7.22. The number of carbonyl (C=O) groups excluding carboxylic acids is 1. The molecule has 5 nitrogen and oxygen atoms in total. The molecule has 110 valence electrons. The highest BCUT2D eigenvalue weighted by Crippen LogP contribution is 2.19. The Morgan fingerprint density at radius 2 is 1.95 bits per heavy atom. The molecule has 2 N–H and O–H groups in total. The van der Waals surface area contributed by atoms with Crippen molar-refractivity contribution in [3.05, 3.63) is 29.8 Å². The molecule has 0 aliphatic carbocycles. The standard InChI is InChI=1S/C15H22N2O3/c1-15(2,3)20-14(18)17(13-9-19-10-13)8-11-4-6-12(16)7-5-11/h4-7,13H,8-10,16H2,1-3H3. The minimum absolute atomic E-state index is 0.0856. The average Bonchev–Trinajstić information content (AvgIpc) is 2.26. The Bertz CT molecular complexity index is 461. The van der Waals surface area contributed by atoms with E-state index in [1.165, 1.54) is 0 Å². The SMILES string of the molecule is CC(C)(C)OC(=O)N(Cc1ccc(N)cc1)C1COC1. The van der Waals surface area contributed by atoms with Crippen molar-refractivity contribution in [1.29, 1.82) is 0 Å². The van der Waals surface area contributed by atoms with E-state index in [1.807, 2.05) is 45.0 Å². The van der Waals surface area contributed by atoms with Crippen LogP contribution in [0.1, 0.15) is 26.3 Å². The molecular weight excluding hydrogens is 256 g/mol. The number of amides is 1. The Hall–Kier alpha value is -1.75. The van der Waals surface area contributed by atoms with E-state index in [4.69, 9.17) is 15.2 Å². The van der Waals surface area contributed by atoms with Gasteiger partial charge in [-0.1, -0.05) is 12.1 Å². The minimum Gasteiger partial charge on any atom is -0.444 e. The molecule has 1 heterocycles. The summed E-state index contributed by atoms with van der Waals surface area (Å²) in [4.78, 5) is 14.0. The van der Waals surface area contributed by atoms with Crippen LogP contribution in [0.15, 0.2) is 24.3 Å². The van der Waals surface area contributed by atoms with Crippen molar-refractivity contribution < 1.29 is 14.3 Å². The fourth-order valence-electron chi connectivity index (χ4n) is 1.89. The van der Waals surface area contributed by atoms with Crippen molar-refractivity contribution in [2.24, 2.45) is 0 Å². The molecule has 1 aromatic rings. The van der Waals surface area contributed by atoms with E-state index in [9.17, 15) is 4.79 Å². The van der Waals surface area contributed by atoms with Gasteiger partial charge in [-0.2, -0.15) is 0 Å². The molecule has 0 radical (unpaired) electrons. The van der Waals surface area contributed by atoms with Gasteiger partial charge in [-0.05, 0) is 38.5 Å². The Morgan fingerprint density at radius 1 is 1.35 bits per heavy atom. The van der Waals surface area contributed by atoms with Crippen molar-refractivity contribution in [1.82, 2.24) is 4.90 Å². The first-order chi connectivity index (χ1) is 9.35. The lowest BCUT2D eigenvalue weighted by Gasteiger charge is -2.38. The topological polar surface area (TPSA) is 64.8 Å². The van der Waals surface area contributed by atoms with Crippen LogP contribution in [0.3, 0.4) is 0 Å². The predicted octanol–water partition coefficient (Wildman–Crippen LogP) is 2.40. The fourth-order valence-corrected chi connectivity index (χ4v) is 1.89. The van der Waals surface area contributed by atoms with Gasteiger partial charge in [0.15, 0.2) is 0 Å². The van der Waals surface area contributed by atoms with Crippen LogP contribution in [0, 0.1) is 0 Å². The van der Waals surface area contributed by atoms with E-state index in [-0.39, 0.29) is 12.1 Å². The van der Waals surface area contributed by atoms with Gasteiger partial charge in [0.1, 0.15) is 5.60 Å². The zero-order valence-corrected chi connectivity index (χ0v) is 12.3. The van der Waals surface area contributed by atoms with Crippen LogP contribution in [-0.2, 0) is 16.0 Å². The summed E-state index contributed by atoms with van der Waals surface area (Å²) in [6, 6.07) is 7.60. The number of benzene rings is 1. The van der Waals surface area contributed by atoms with Crippen LogP contribution in [0.2, 0.25) is 0 Å². The zero-order chi connectivity index (χ0) is 14.8. The van der Waals surface area contributed by atoms with Crippen LogP contribution in [0.5, 0.6) is 0 Å². The molecule has 0 unspecified atom stereocenters. The fraction of sp³-hybridized carbons (Fsp3) is 0.533. The van der Waals surface area contributed by atoms with Crippen LogP contribution < -0.4 is 5.73 Å². The van der Waals surface area contributed by atoms with Crippen molar-refractivity contribution >= 4 is 11.8 Å². The summed E-state index contributed by atoms with van der Waals surface area (Å²) in [5.41, 5.74) is 6.91. The lowest BCUT2D eigenvalue weighted by atomic mass is 10.1. The molecule has 5 heteroatoms. The average molecular weight is 278 g/mol. The van der Waals surface area contributed by atoms with Crippen LogP contribution >= 0.6 is 0 Å². The summed E-state index contributed by atoms with van der Waals surface area (Å²) in [6.07, 6.45) is -0.303. The zero-order valence-electron chi connectivity index (χ0n) is 12.3.